The summed E-state index contributed by atoms with van der Waals surface area (Å²) in [6.45, 7) is 4.15. The van der Waals surface area contributed by atoms with Crippen LogP contribution in [0.15, 0.2) is 48.5 Å². The molecule has 0 saturated heterocycles. The third-order valence-corrected chi connectivity index (χ3v) is 6.01. The summed E-state index contributed by atoms with van der Waals surface area (Å²) in [4.78, 5) is 12.8. The van der Waals surface area contributed by atoms with E-state index in [-0.39, 0.29) is 5.91 Å². The molecule has 2 aromatic rings. The summed E-state index contributed by atoms with van der Waals surface area (Å²) in [7, 11) is -3.62. The Kier molecular flexibility index (Phi) is 7.89. The second kappa shape index (κ2) is 9.94. The van der Waals surface area contributed by atoms with E-state index in [4.69, 9.17) is 11.6 Å². The summed E-state index contributed by atoms with van der Waals surface area (Å²) in [5.41, 5.74) is 2.46. The van der Waals surface area contributed by atoms with Crippen LogP contribution in [0.4, 0.5) is 5.69 Å². The summed E-state index contributed by atoms with van der Waals surface area (Å²) < 4.78 is 26.1. The first-order valence-electron chi connectivity index (χ1n) is 9.31. The summed E-state index contributed by atoms with van der Waals surface area (Å²) in [5, 5.41) is 3.58. The molecule has 1 N–H and O–H groups in total. The Morgan fingerprint density at radius 3 is 2.50 bits per heavy atom. The van der Waals surface area contributed by atoms with Gasteiger partial charge < -0.3 is 5.32 Å². The monoisotopic (exact) mass is 422 g/mol. The molecule has 0 aliphatic carbocycles. The van der Waals surface area contributed by atoms with Gasteiger partial charge in [0.25, 0.3) is 0 Å². The van der Waals surface area contributed by atoms with E-state index in [0.29, 0.717) is 23.7 Å². The van der Waals surface area contributed by atoms with E-state index in [1.54, 1.807) is 18.2 Å². The molecule has 2 rings (SSSR count). The Balaban J connectivity index is 2.06. The highest BCUT2D eigenvalue weighted by Crippen LogP contribution is 2.23. The van der Waals surface area contributed by atoms with Gasteiger partial charge >= 0.3 is 0 Å². The van der Waals surface area contributed by atoms with Gasteiger partial charge in [0.1, 0.15) is 6.04 Å². The molecule has 7 heteroatoms. The lowest BCUT2D eigenvalue weighted by molar-refractivity contribution is -0.122. The fourth-order valence-corrected chi connectivity index (χ4v) is 4.57. The molecule has 0 heterocycles. The van der Waals surface area contributed by atoms with Crippen molar-refractivity contribution < 1.29 is 13.2 Å². The Bertz CT molecular complexity index is 915. The Morgan fingerprint density at radius 1 is 1.18 bits per heavy atom. The molecule has 0 aromatic heterocycles. The maximum absolute atomic E-state index is 12.8. The van der Waals surface area contributed by atoms with E-state index in [2.05, 4.69) is 5.32 Å². The van der Waals surface area contributed by atoms with Crippen molar-refractivity contribution in [1.29, 1.82) is 0 Å². The van der Waals surface area contributed by atoms with E-state index in [1.165, 1.54) is 4.31 Å². The highest BCUT2D eigenvalue weighted by atomic mass is 35.5. The first kappa shape index (κ1) is 22.2. The van der Waals surface area contributed by atoms with Crippen LogP contribution < -0.4 is 9.62 Å². The first-order chi connectivity index (χ1) is 13.2. The molecule has 0 bridgehead atoms. The number of carbonyl (C=O) groups excluding carboxylic acids is 1. The molecule has 28 heavy (non-hydrogen) atoms. The Morgan fingerprint density at radius 2 is 1.89 bits per heavy atom. The molecule has 1 amide bonds. The number of amides is 1. The number of nitrogens with zero attached hydrogens (tertiary/aromatic N) is 1. The predicted molar refractivity (Wildman–Crippen MR) is 115 cm³/mol. The molecule has 0 saturated carbocycles. The van der Waals surface area contributed by atoms with Crippen molar-refractivity contribution in [3.63, 3.8) is 0 Å². The SMILES string of the molecule is CCC(C(=O)NCCCc1ccccc1Cl)N(c1cccc(C)c1)S(C)(=O)=O. The van der Waals surface area contributed by atoms with Crippen molar-refractivity contribution in [3.8, 4) is 0 Å². The van der Waals surface area contributed by atoms with E-state index >= 15 is 0 Å². The van der Waals surface area contributed by atoms with Crippen LogP contribution in [0.3, 0.4) is 0 Å². The van der Waals surface area contributed by atoms with E-state index in [9.17, 15) is 13.2 Å². The van der Waals surface area contributed by atoms with Gasteiger partial charge in [0.15, 0.2) is 0 Å². The number of aryl methyl sites for hydroxylation is 2. The van der Waals surface area contributed by atoms with E-state index < -0.39 is 16.1 Å². The van der Waals surface area contributed by atoms with Gasteiger partial charge in [-0.3, -0.25) is 9.10 Å². The number of hydrogen-bond donors (Lipinski definition) is 1. The molecule has 1 unspecified atom stereocenters. The van der Waals surface area contributed by atoms with Crippen molar-refractivity contribution in [2.75, 3.05) is 17.1 Å². The molecule has 1 atom stereocenters. The van der Waals surface area contributed by atoms with Gasteiger partial charge in [0.05, 0.1) is 11.9 Å². The minimum absolute atomic E-state index is 0.298. The van der Waals surface area contributed by atoms with Crippen LogP contribution in [0.2, 0.25) is 5.02 Å². The lowest BCUT2D eigenvalue weighted by atomic mass is 10.1. The first-order valence-corrected chi connectivity index (χ1v) is 11.5. The zero-order chi connectivity index (χ0) is 20.7. The second-order valence-corrected chi connectivity index (χ2v) is 9.07. The van der Waals surface area contributed by atoms with Gasteiger partial charge in [-0.15, -0.1) is 0 Å². The van der Waals surface area contributed by atoms with Crippen LogP contribution in [-0.4, -0.2) is 33.2 Å². The lowest BCUT2D eigenvalue weighted by Gasteiger charge is -2.30. The molecule has 0 aliphatic heterocycles. The number of nitrogens with one attached hydrogen (secondary N) is 1. The summed E-state index contributed by atoms with van der Waals surface area (Å²) in [6, 6.07) is 14.0. The average Bonchev–Trinajstić information content (AvgIpc) is 2.63. The number of hydrogen-bond acceptors (Lipinski definition) is 3. The Labute approximate surface area is 172 Å². The quantitative estimate of drug-likeness (QED) is 0.622. The van der Waals surface area contributed by atoms with E-state index in [1.807, 2.05) is 44.2 Å². The Hall–Kier alpha value is -2.05. The third kappa shape index (κ3) is 5.97. The van der Waals surface area contributed by atoms with Crippen LogP contribution in [0.5, 0.6) is 0 Å². The highest BCUT2D eigenvalue weighted by molar-refractivity contribution is 7.92. The average molecular weight is 423 g/mol. The zero-order valence-electron chi connectivity index (χ0n) is 16.5. The van der Waals surface area contributed by atoms with Gasteiger partial charge in [0, 0.05) is 11.6 Å². The van der Waals surface area contributed by atoms with Crippen molar-refractivity contribution in [2.24, 2.45) is 0 Å². The fourth-order valence-electron chi connectivity index (χ4n) is 3.13. The largest absolute Gasteiger partial charge is 0.354 e. The maximum Gasteiger partial charge on any atom is 0.243 e. The molecule has 5 nitrogen and oxygen atoms in total. The van der Waals surface area contributed by atoms with Gasteiger partial charge in [-0.05, 0) is 55.5 Å². The van der Waals surface area contributed by atoms with Gasteiger partial charge in [-0.2, -0.15) is 0 Å². The summed E-state index contributed by atoms with van der Waals surface area (Å²) in [6.07, 6.45) is 2.96. The summed E-state index contributed by atoms with van der Waals surface area (Å²) >= 11 is 6.15. The van der Waals surface area contributed by atoms with Gasteiger partial charge in [0.2, 0.25) is 15.9 Å². The maximum atomic E-state index is 12.8. The van der Waals surface area contributed by atoms with Crippen LogP contribution >= 0.6 is 11.6 Å². The molecule has 0 radical (unpaired) electrons. The number of carbonyl (C=O) groups is 1. The van der Waals surface area contributed by atoms with E-state index in [0.717, 1.165) is 30.2 Å². The number of halogens is 1. The third-order valence-electron chi connectivity index (χ3n) is 4.47. The topological polar surface area (TPSA) is 66.5 Å². The zero-order valence-corrected chi connectivity index (χ0v) is 18.1. The molecule has 152 valence electrons. The van der Waals surface area contributed by atoms with Crippen LogP contribution in [0.1, 0.15) is 30.9 Å². The highest BCUT2D eigenvalue weighted by Gasteiger charge is 2.31. The minimum atomic E-state index is -3.62. The number of benzene rings is 2. The van der Waals surface area contributed by atoms with Crippen molar-refractivity contribution in [2.45, 2.75) is 39.2 Å². The smallest absolute Gasteiger partial charge is 0.243 e. The summed E-state index contributed by atoms with van der Waals surface area (Å²) in [5.74, 6) is -0.298. The molecular weight excluding hydrogens is 396 g/mol. The minimum Gasteiger partial charge on any atom is -0.354 e. The molecular formula is C21H27ClN2O3S. The van der Waals surface area contributed by atoms with Crippen LogP contribution in [0, 0.1) is 6.92 Å². The predicted octanol–water partition coefficient (Wildman–Crippen LogP) is 3.94. The van der Waals surface area contributed by atoms with Crippen molar-refractivity contribution >= 4 is 33.2 Å². The van der Waals surface area contributed by atoms with Gasteiger partial charge in [-0.1, -0.05) is 48.9 Å². The van der Waals surface area contributed by atoms with Crippen molar-refractivity contribution in [3.05, 3.63) is 64.7 Å². The molecule has 2 aromatic carbocycles. The normalized spacial score (nSPS) is 12.4. The molecule has 0 aliphatic rings. The van der Waals surface area contributed by atoms with Crippen molar-refractivity contribution in [1.82, 2.24) is 5.32 Å². The molecule has 0 spiro atoms. The van der Waals surface area contributed by atoms with Gasteiger partial charge in [-0.25, -0.2) is 8.42 Å². The fraction of sp³-hybridized carbons (Fsp3) is 0.381. The van der Waals surface area contributed by atoms with Crippen LogP contribution in [0.25, 0.3) is 0 Å². The lowest BCUT2D eigenvalue weighted by Crippen LogP contribution is -2.49. The number of anilines is 1. The molecule has 0 fully saturated rings. The number of rotatable bonds is 9. The second-order valence-electron chi connectivity index (χ2n) is 6.81. The van der Waals surface area contributed by atoms with Crippen LogP contribution in [-0.2, 0) is 21.2 Å². The standard InChI is InChI=1S/C21H27ClN2O3S/c1-4-20(24(28(3,26)27)18-12-7-9-16(2)15-18)21(25)23-14-8-11-17-10-5-6-13-19(17)22/h5-7,9-10,12-13,15,20H,4,8,11,14H2,1-3H3,(H,23,25). The number of sulfonamides is 1.